The number of aromatic nitrogens is 3. The molecule has 0 unspecified atom stereocenters. The van der Waals surface area contributed by atoms with E-state index < -0.39 is 6.09 Å². The fourth-order valence-corrected chi connectivity index (χ4v) is 4.15. The van der Waals surface area contributed by atoms with Crippen molar-refractivity contribution in [1.29, 1.82) is 0 Å². The minimum absolute atomic E-state index is 0.0382. The highest BCUT2D eigenvalue weighted by Gasteiger charge is 2.27. The van der Waals surface area contributed by atoms with Crippen molar-refractivity contribution in [1.82, 2.24) is 14.8 Å². The molecule has 1 saturated carbocycles. The molecule has 0 spiro atoms. The Hall–Kier alpha value is -2.68. The molecule has 1 aliphatic carbocycles. The van der Waals surface area contributed by atoms with Gasteiger partial charge in [-0.2, -0.15) is 5.10 Å². The van der Waals surface area contributed by atoms with Gasteiger partial charge in [-0.3, -0.25) is 9.58 Å². The predicted molar refractivity (Wildman–Crippen MR) is 110 cm³/mol. The number of ether oxygens (including phenoxy) is 1. The monoisotopic (exact) mass is 462 g/mol. The van der Waals surface area contributed by atoms with Gasteiger partial charge < -0.3 is 9.84 Å². The summed E-state index contributed by atoms with van der Waals surface area (Å²) in [7, 11) is 1.46. The van der Waals surface area contributed by atoms with Crippen molar-refractivity contribution in [3.63, 3.8) is 0 Å². The van der Waals surface area contributed by atoms with Gasteiger partial charge >= 0.3 is 6.09 Å². The van der Waals surface area contributed by atoms with Crippen molar-refractivity contribution < 1.29 is 19.0 Å². The van der Waals surface area contributed by atoms with Crippen molar-refractivity contribution in [2.45, 2.75) is 37.8 Å². The number of nitrogens with zero attached hydrogens (tertiary/aromatic N) is 4. The molecule has 0 aliphatic heterocycles. The molecule has 1 N–H and O–H groups in total. The molecule has 0 bridgehead atoms. The Morgan fingerprint density at radius 2 is 2.03 bits per heavy atom. The maximum absolute atomic E-state index is 13.8. The van der Waals surface area contributed by atoms with Crippen LogP contribution in [-0.2, 0) is 0 Å². The topological polar surface area (TPSA) is 80.5 Å². The highest BCUT2D eigenvalue weighted by molar-refractivity contribution is 9.10. The number of hydrogen-bond acceptors (Lipinski definition) is 4. The number of rotatable bonds is 4. The zero-order chi connectivity index (χ0) is 20.5. The average Bonchev–Trinajstić information content (AvgIpc) is 3.05. The maximum atomic E-state index is 13.8. The van der Waals surface area contributed by atoms with Crippen LogP contribution in [0.25, 0.3) is 10.9 Å². The lowest BCUT2D eigenvalue weighted by Crippen LogP contribution is -2.27. The first-order valence-electron chi connectivity index (χ1n) is 9.35. The number of carboxylic acid groups (broad SMARTS) is 1. The minimum Gasteiger partial charge on any atom is -0.487 e. The largest absolute Gasteiger partial charge is 0.487 e. The van der Waals surface area contributed by atoms with Gasteiger partial charge in [-0.05, 0) is 53.7 Å². The quantitative estimate of drug-likeness (QED) is 0.589. The van der Waals surface area contributed by atoms with Crippen molar-refractivity contribution >= 4 is 38.7 Å². The van der Waals surface area contributed by atoms with Crippen LogP contribution in [0.2, 0.25) is 0 Å². The number of para-hydroxylation sites is 1. The number of hydrogen-bond donors (Lipinski definition) is 1. The van der Waals surface area contributed by atoms with Gasteiger partial charge in [0.15, 0.2) is 11.6 Å². The number of halogens is 2. The van der Waals surface area contributed by atoms with E-state index in [0.717, 1.165) is 41.5 Å². The highest BCUT2D eigenvalue weighted by atomic mass is 79.9. The molecule has 1 fully saturated rings. The number of anilines is 1. The third-order valence-electron chi connectivity index (χ3n) is 5.28. The molecule has 1 amide bonds. The van der Waals surface area contributed by atoms with E-state index in [-0.39, 0.29) is 23.7 Å². The van der Waals surface area contributed by atoms with Gasteiger partial charge in [0.25, 0.3) is 0 Å². The molecule has 0 radical (unpaired) electrons. The molecule has 2 heterocycles. The van der Waals surface area contributed by atoms with Crippen molar-refractivity contribution in [2.24, 2.45) is 0 Å². The van der Waals surface area contributed by atoms with Crippen LogP contribution in [0.5, 0.6) is 5.75 Å². The van der Waals surface area contributed by atoms with Crippen LogP contribution in [0.1, 0.15) is 31.7 Å². The van der Waals surface area contributed by atoms with E-state index >= 15 is 0 Å². The van der Waals surface area contributed by atoms with E-state index in [1.165, 1.54) is 13.1 Å². The predicted octanol–water partition coefficient (Wildman–Crippen LogP) is 5.01. The Balaban J connectivity index is 1.52. The van der Waals surface area contributed by atoms with Crippen LogP contribution >= 0.6 is 15.9 Å². The summed E-state index contributed by atoms with van der Waals surface area (Å²) in [6.07, 6.45) is 3.74. The number of amides is 1. The van der Waals surface area contributed by atoms with Crippen LogP contribution in [0.4, 0.5) is 15.0 Å². The molecule has 152 valence electrons. The molecular formula is C20H20BrFN4O3. The Kier molecular flexibility index (Phi) is 5.40. The Morgan fingerprint density at radius 1 is 1.31 bits per heavy atom. The first-order valence-corrected chi connectivity index (χ1v) is 10.1. The summed E-state index contributed by atoms with van der Waals surface area (Å²) in [4.78, 5) is 16.5. The lowest BCUT2D eigenvalue weighted by molar-refractivity contribution is 0.126. The lowest BCUT2D eigenvalue weighted by atomic mass is 9.93. The second-order valence-electron chi connectivity index (χ2n) is 7.12. The fraction of sp³-hybridized carbons (Fsp3) is 0.350. The van der Waals surface area contributed by atoms with Crippen LogP contribution in [0, 0.1) is 5.82 Å². The molecular weight excluding hydrogens is 443 g/mol. The zero-order valence-corrected chi connectivity index (χ0v) is 17.3. The number of fused-ring (bicyclic) bond motifs is 1. The summed E-state index contributed by atoms with van der Waals surface area (Å²) < 4.78 is 22.3. The van der Waals surface area contributed by atoms with Gasteiger partial charge in [-0.1, -0.05) is 12.1 Å². The zero-order valence-electron chi connectivity index (χ0n) is 15.8. The summed E-state index contributed by atoms with van der Waals surface area (Å²) in [5, 5.41) is 14.7. The maximum Gasteiger partial charge on any atom is 0.412 e. The SMILES string of the molecule is CN(C(=O)O)c1cc2c(cn1)c(Br)nn2C1CCC(Oc2ccccc2F)CC1. The Bertz CT molecular complexity index is 1050. The van der Waals surface area contributed by atoms with Crippen molar-refractivity contribution in [3.05, 3.63) is 46.9 Å². The average molecular weight is 463 g/mol. The number of pyridine rings is 1. The summed E-state index contributed by atoms with van der Waals surface area (Å²) in [5.74, 6) is 0.282. The van der Waals surface area contributed by atoms with E-state index in [9.17, 15) is 14.3 Å². The second kappa shape index (κ2) is 7.98. The van der Waals surface area contributed by atoms with Crippen molar-refractivity contribution in [2.75, 3.05) is 11.9 Å². The minimum atomic E-state index is -1.08. The van der Waals surface area contributed by atoms with Crippen LogP contribution < -0.4 is 9.64 Å². The van der Waals surface area contributed by atoms with Gasteiger partial charge in [0.05, 0.1) is 23.0 Å². The van der Waals surface area contributed by atoms with Gasteiger partial charge in [0.2, 0.25) is 0 Å². The smallest absolute Gasteiger partial charge is 0.412 e. The molecule has 9 heteroatoms. The van der Waals surface area contributed by atoms with Gasteiger partial charge in [0, 0.05) is 19.3 Å². The first kappa shape index (κ1) is 19.6. The highest BCUT2D eigenvalue weighted by Crippen LogP contribution is 2.35. The first-order chi connectivity index (χ1) is 13.9. The molecule has 1 aromatic carbocycles. The molecule has 0 atom stereocenters. The van der Waals surface area contributed by atoms with E-state index in [1.54, 1.807) is 30.5 Å². The third-order valence-corrected chi connectivity index (χ3v) is 5.87. The van der Waals surface area contributed by atoms with Crippen LogP contribution in [-0.4, -0.2) is 39.1 Å². The molecule has 4 rings (SSSR count). The van der Waals surface area contributed by atoms with Crippen molar-refractivity contribution in [3.8, 4) is 5.75 Å². The van der Waals surface area contributed by atoms with E-state index in [2.05, 4.69) is 26.0 Å². The van der Waals surface area contributed by atoms with Crippen LogP contribution in [0.3, 0.4) is 0 Å². The third kappa shape index (κ3) is 3.91. The number of carbonyl (C=O) groups is 1. The van der Waals surface area contributed by atoms with Gasteiger partial charge in [-0.15, -0.1) is 0 Å². The van der Waals surface area contributed by atoms with E-state index in [0.29, 0.717) is 10.4 Å². The van der Waals surface area contributed by atoms with Gasteiger partial charge in [0.1, 0.15) is 10.4 Å². The lowest BCUT2D eigenvalue weighted by Gasteiger charge is -2.29. The second-order valence-corrected chi connectivity index (χ2v) is 7.87. The fourth-order valence-electron chi connectivity index (χ4n) is 3.67. The van der Waals surface area contributed by atoms with E-state index in [1.807, 2.05) is 4.68 Å². The number of benzene rings is 1. The molecule has 3 aromatic rings. The summed E-state index contributed by atoms with van der Waals surface area (Å²) in [5.41, 5.74) is 0.827. The molecule has 7 nitrogen and oxygen atoms in total. The Labute approximate surface area is 175 Å². The molecule has 0 saturated heterocycles. The molecule has 29 heavy (non-hydrogen) atoms. The molecule has 1 aliphatic rings. The molecule has 2 aromatic heterocycles. The summed E-state index contributed by atoms with van der Waals surface area (Å²) >= 11 is 3.47. The normalized spacial score (nSPS) is 19.3. The Morgan fingerprint density at radius 3 is 2.72 bits per heavy atom. The van der Waals surface area contributed by atoms with Crippen LogP contribution in [0.15, 0.2) is 41.1 Å². The standard InChI is InChI=1S/C20H20BrFN4O3/c1-25(20(27)28)18-10-16-14(11-23-18)19(21)24-26(16)12-6-8-13(9-7-12)29-17-5-3-2-4-15(17)22/h2-5,10-13H,6-9H2,1H3,(H,27,28). The van der Waals surface area contributed by atoms with E-state index in [4.69, 9.17) is 4.74 Å². The summed E-state index contributed by atoms with van der Waals surface area (Å²) in [6.45, 7) is 0. The van der Waals surface area contributed by atoms with Gasteiger partial charge in [-0.25, -0.2) is 14.2 Å². The summed E-state index contributed by atoms with van der Waals surface area (Å²) in [6, 6.07) is 8.33.